The van der Waals surface area contributed by atoms with Crippen molar-refractivity contribution >= 4 is 11.8 Å². The average Bonchev–Trinajstić information content (AvgIpc) is 2.68. The van der Waals surface area contributed by atoms with Gasteiger partial charge in [0.1, 0.15) is 0 Å². The van der Waals surface area contributed by atoms with Crippen LogP contribution < -0.4 is 5.73 Å². The highest BCUT2D eigenvalue weighted by atomic mass is 32.2. The Morgan fingerprint density at radius 2 is 2.06 bits per heavy atom. The highest BCUT2D eigenvalue weighted by Gasteiger charge is 2.28. The van der Waals surface area contributed by atoms with E-state index in [0.717, 1.165) is 12.2 Å². The van der Waals surface area contributed by atoms with Gasteiger partial charge in [0.15, 0.2) is 0 Å². The van der Waals surface area contributed by atoms with Crippen LogP contribution in [0.25, 0.3) is 0 Å². The summed E-state index contributed by atoms with van der Waals surface area (Å²) in [7, 11) is 0. The summed E-state index contributed by atoms with van der Waals surface area (Å²) in [6.07, 6.45) is 2.33. The largest absolute Gasteiger partial charge is 0.327 e. The zero-order valence-corrected chi connectivity index (χ0v) is 11.9. The minimum atomic E-state index is 0.311. The van der Waals surface area contributed by atoms with Gasteiger partial charge in [-0.3, -0.25) is 0 Å². The van der Waals surface area contributed by atoms with E-state index in [2.05, 4.69) is 45.0 Å². The highest BCUT2D eigenvalue weighted by Crippen LogP contribution is 2.41. The molecule has 0 spiro atoms. The van der Waals surface area contributed by atoms with Gasteiger partial charge in [-0.25, -0.2) is 0 Å². The van der Waals surface area contributed by atoms with Gasteiger partial charge < -0.3 is 5.73 Å². The molecule has 2 heteroatoms. The summed E-state index contributed by atoms with van der Waals surface area (Å²) in [5, 5.41) is 0. The van der Waals surface area contributed by atoms with Gasteiger partial charge in [-0.15, -0.1) is 11.8 Å². The Kier molecular flexibility index (Phi) is 3.84. The van der Waals surface area contributed by atoms with Gasteiger partial charge >= 0.3 is 0 Å². The monoisotopic (exact) mass is 249 g/mol. The van der Waals surface area contributed by atoms with Crippen molar-refractivity contribution in [1.82, 2.24) is 0 Å². The summed E-state index contributed by atoms with van der Waals surface area (Å²) in [6, 6.07) is 9.03. The van der Waals surface area contributed by atoms with Crippen LogP contribution in [-0.4, -0.2) is 11.8 Å². The quantitative estimate of drug-likeness (QED) is 0.875. The zero-order chi connectivity index (χ0) is 12.5. The lowest BCUT2D eigenvalue weighted by Gasteiger charge is -2.24. The zero-order valence-electron chi connectivity index (χ0n) is 11.1. The Morgan fingerprint density at radius 3 is 2.76 bits per heavy atom. The van der Waals surface area contributed by atoms with E-state index < -0.39 is 0 Å². The molecule has 0 fully saturated rings. The molecule has 2 rings (SSSR count). The van der Waals surface area contributed by atoms with Gasteiger partial charge in [-0.2, -0.15) is 0 Å². The van der Waals surface area contributed by atoms with Crippen LogP contribution in [0.5, 0.6) is 0 Å². The molecule has 1 aliphatic rings. The molecule has 0 saturated carbocycles. The minimum Gasteiger partial charge on any atom is -0.327 e. The van der Waals surface area contributed by atoms with Crippen LogP contribution in [0.3, 0.4) is 0 Å². The number of thioether (sulfide) groups is 1. The van der Waals surface area contributed by atoms with E-state index >= 15 is 0 Å². The Bertz CT molecular complexity index is 381. The Morgan fingerprint density at radius 1 is 1.35 bits per heavy atom. The molecule has 0 amide bonds. The Labute approximate surface area is 109 Å². The predicted molar refractivity (Wildman–Crippen MR) is 76.6 cm³/mol. The van der Waals surface area contributed by atoms with Crippen molar-refractivity contribution in [2.45, 2.75) is 50.5 Å². The fourth-order valence-electron chi connectivity index (χ4n) is 2.34. The lowest BCUT2D eigenvalue weighted by molar-refractivity contribution is 0.338. The van der Waals surface area contributed by atoms with Crippen LogP contribution in [0.15, 0.2) is 29.2 Å². The molecule has 17 heavy (non-hydrogen) atoms. The third-order valence-electron chi connectivity index (χ3n) is 3.48. The van der Waals surface area contributed by atoms with Gasteiger partial charge in [0, 0.05) is 22.6 Å². The first-order chi connectivity index (χ1) is 7.97. The van der Waals surface area contributed by atoms with Crippen LogP contribution in [0.1, 0.15) is 45.1 Å². The van der Waals surface area contributed by atoms with E-state index in [1.807, 2.05) is 11.8 Å². The number of benzene rings is 1. The maximum absolute atomic E-state index is 6.39. The molecule has 2 unspecified atom stereocenters. The number of hydrogen-bond acceptors (Lipinski definition) is 2. The number of nitrogens with two attached hydrogens (primary N) is 1. The highest BCUT2D eigenvalue weighted by molar-refractivity contribution is 7.99. The molecule has 2 atom stereocenters. The lowest BCUT2D eigenvalue weighted by Crippen LogP contribution is -2.29. The van der Waals surface area contributed by atoms with Gasteiger partial charge in [0.2, 0.25) is 0 Å². The molecule has 1 heterocycles. The first kappa shape index (κ1) is 13.0. The molecule has 1 nitrogen and oxygen atoms in total. The molecule has 94 valence electrons. The molecule has 0 aliphatic carbocycles. The van der Waals surface area contributed by atoms with E-state index in [4.69, 9.17) is 5.73 Å². The van der Waals surface area contributed by atoms with Gasteiger partial charge in [0.05, 0.1) is 0 Å². The van der Waals surface area contributed by atoms with E-state index in [1.54, 1.807) is 0 Å². The fourth-order valence-corrected chi connectivity index (χ4v) is 3.69. The summed E-state index contributed by atoms with van der Waals surface area (Å²) < 4.78 is 0. The molecule has 1 aromatic carbocycles. The number of fused-ring (bicyclic) bond motifs is 1. The second-order valence-electron chi connectivity index (χ2n) is 6.22. The smallest absolute Gasteiger partial charge is 0.0116 e. The van der Waals surface area contributed by atoms with Crippen molar-refractivity contribution in [1.29, 1.82) is 0 Å². The van der Waals surface area contributed by atoms with Gasteiger partial charge in [-0.05, 0) is 29.9 Å². The average molecular weight is 249 g/mol. The molecular formula is C15H23NS. The Hall–Kier alpha value is -0.470. The van der Waals surface area contributed by atoms with Crippen molar-refractivity contribution in [3.05, 3.63) is 29.8 Å². The molecule has 0 saturated heterocycles. The Balaban J connectivity index is 2.00. The number of rotatable bonds is 3. The summed E-state index contributed by atoms with van der Waals surface area (Å²) in [5.41, 5.74) is 8.25. The van der Waals surface area contributed by atoms with Crippen LogP contribution in [0, 0.1) is 5.41 Å². The van der Waals surface area contributed by atoms with E-state index in [0.29, 0.717) is 17.4 Å². The fraction of sp³-hybridized carbons (Fsp3) is 0.600. The molecule has 1 aromatic rings. The first-order valence-electron chi connectivity index (χ1n) is 6.45. The van der Waals surface area contributed by atoms with Crippen molar-refractivity contribution in [3.8, 4) is 0 Å². The van der Waals surface area contributed by atoms with Crippen molar-refractivity contribution in [3.63, 3.8) is 0 Å². The van der Waals surface area contributed by atoms with Crippen LogP contribution >= 0.6 is 11.8 Å². The van der Waals surface area contributed by atoms with Crippen LogP contribution in [0.4, 0.5) is 0 Å². The van der Waals surface area contributed by atoms with E-state index in [9.17, 15) is 0 Å². The predicted octanol–water partition coefficient (Wildman–Crippen LogP) is 4.03. The topological polar surface area (TPSA) is 26.0 Å². The van der Waals surface area contributed by atoms with E-state index in [1.165, 1.54) is 16.9 Å². The summed E-state index contributed by atoms with van der Waals surface area (Å²) in [4.78, 5) is 1.43. The minimum absolute atomic E-state index is 0.311. The third-order valence-corrected chi connectivity index (χ3v) is 4.69. The SMILES string of the molecule is CC(C)(C)CCC(N)C1CSc2ccccc21. The maximum atomic E-state index is 6.39. The maximum Gasteiger partial charge on any atom is 0.0116 e. The third kappa shape index (κ3) is 3.26. The molecule has 1 aliphatic heterocycles. The molecule has 0 bridgehead atoms. The van der Waals surface area contributed by atoms with Crippen molar-refractivity contribution in [2.75, 3.05) is 5.75 Å². The van der Waals surface area contributed by atoms with Gasteiger partial charge in [-0.1, -0.05) is 39.0 Å². The summed E-state index contributed by atoms with van der Waals surface area (Å²) in [6.45, 7) is 6.87. The molecule has 0 aromatic heterocycles. The van der Waals surface area contributed by atoms with Gasteiger partial charge in [0.25, 0.3) is 0 Å². The number of hydrogen-bond donors (Lipinski definition) is 1. The first-order valence-corrected chi connectivity index (χ1v) is 7.43. The lowest BCUT2D eigenvalue weighted by atomic mass is 9.84. The second-order valence-corrected chi connectivity index (χ2v) is 7.28. The normalized spacial score (nSPS) is 21.3. The molecule has 2 N–H and O–H groups in total. The van der Waals surface area contributed by atoms with Crippen molar-refractivity contribution < 1.29 is 0 Å². The van der Waals surface area contributed by atoms with Crippen LogP contribution in [0.2, 0.25) is 0 Å². The van der Waals surface area contributed by atoms with Crippen LogP contribution in [-0.2, 0) is 0 Å². The molecule has 0 radical (unpaired) electrons. The second kappa shape index (κ2) is 5.03. The van der Waals surface area contributed by atoms with E-state index in [-0.39, 0.29) is 0 Å². The standard InChI is InChI=1S/C15H23NS/c1-15(2,3)9-8-13(16)12-10-17-14-7-5-4-6-11(12)14/h4-7,12-13H,8-10,16H2,1-3H3. The van der Waals surface area contributed by atoms with Crippen molar-refractivity contribution in [2.24, 2.45) is 11.1 Å². The summed E-state index contributed by atoms with van der Waals surface area (Å²) in [5.74, 6) is 1.71. The molecular weight excluding hydrogens is 226 g/mol. The summed E-state index contributed by atoms with van der Waals surface area (Å²) >= 11 is 1.96.